The molecule has 0 saturated heterocycles. The molecule has 1 heterocycles. The van der Waals surface area contributed by atoms with Crippen LogP contribution in [0.2, 0.25) is 0 Å². The van der Waals surface area contributed by atoms with Crippen molar-refractivity contribution < 1.29 is 23.4 Å². The fourth-order valence-electron chi connectivity index (χ4n) is 1.56. The molecule has 0 spiro atoms. The smallest absolute Gasteiger partial charge is 0.409 e. The van der Waals surface area contributed by atoms with E-state index >= 15 is 0 Å². The number of benzene rings is 1. The zero-order valence-electron chi connectivity index (χ0n) is 10.3. The molecule has 2 rings (SSSR count). The SMILES string of the molecule is COCOc1cc2oc(=O)cc(OC(N)=O)c2cc1Br. The van der Waals surface area contributed by atoms with Gasteiger partial charge in [-0.05, 0) is 22.0 Å². The predicted octanol–water partition coefficient (Wildman–Crippen LogP) is 2.00. The lowest BCUT2D eigenvalue weighted by Gasteiger charge is -2.09. The fourth-order valence-corrected chi connectivity index (χ4v) is 2.02. The number of methoxy groups -OCH3 is 1. The highest BCUT2D eigenvalue weighted by molar-refractivity contribution is 9.10. The molecule has 0 unspecified atom stereocenters. The van der Waals surface area contributed by atoms with Gasteiger partial charge in [0.25, 0.3) is 0 Å². The molecule has 20 heavy (non-hydrogen) atoms. The van der Waals surface area contributed by atoms with Gasteiger partial charge < -0.3 is 24.4 Å². The standard InChI is InChI=1S/C12H10BrNO6/c1-17-5-18-10-3-8-6(2-7(10)13)9(20-12(14)16)4-11(15)19-8/h2-4H,5H2,1H3,(H2,14,16). The molecular weight excluding hydrogens is 334 g/mol. The van der Waals surface area contributed by atoms with E-state index in [4.69, 9.17) is 24.4 Å². The zero-order chi connectivity index (χ0) is 14.7. The Morgan fingerprint density at radius 1 is 1.35 bits per heavy atom. The van der Waals surface area contributed by atoms with Gasteiger partial charge in [0.15, 0.2) is 12.5 Å². The van der Waals surface area contributed by atoms with E-state index in [2.05, 4.69) is 15.9 Å². The number of hydrogen-bond donors (Lipinski definition) is 1. The molecule has 106 valence electrons. The molecule has 1 amide bonds. The summed E-state index contributed by atoms with van der Waals surface area (Å²) in [6.45, 7) is 0.0335. The molecule has 0 aliphatic carbocycles. The average Bonchev–Trinajstić information content (AvgIpc) is 2.36. The minimum atomic E-state index is -1.02. The second-order valence-electron chi connectivity index (χ2n) is 3.68. The van der Waals surface area contributed by atoms with Crippen molar-refractivity contribution in [3.8, 4) is 11.5 Å². The number of ether oxygens (including phenoxy) is 3. The van der Waals surface area contributed by atoms with E-state index in [1.165, 1.54) is 13.2 Å². The summed E-state index contributed by atoms with van der Waals surface area (Å²) < 4.78 is 20.5. The molecule has 0 aliphatic rings. The van der Waals surface area contributed by atoms with Crippen molar-refractivity contribution in [2.75, 3.05) is 13.9 Å². The van der Waals surface area contributed by atoms with Crippen molar-refractivity contribution in [1.82, 2.24) is 0 Å². The molecule has 0 aliphatic heterocycles. The third-order valence-electron chi connectivity index (χ3n) is 2.30. The number of hydrogen-bond acceptors (Lipinski definition) is 6. The highest BCUT2D eigenvalue weighted by Gasteiger charge is 2.13. The molecule has 2 N–H and O–H groups in total. The maximum atomic E-state index is 11.4. The van der Waals surface area contributed by atoms with Crippen LogP contribution in [0.4, 0.5) is 4.79 Å². The molecule has 7 nitrogen and oxygen atoms in total. The van der Waals surface area contributed by atoms with Gasteiger partial charge >= 0.3 is 11.7 Å². The monoisotopic (exact) mass is 343 g/mol. The third-order valence-corrected chi connectivity index (χ3v) is 2.92. The van der Waals surface area contributed by atoms with Crippen molar-refractivity contribution in [2.45, 2.75) is 0 Å². The Bertz CT molecular complexity index is 711. The van der Waals surface area contributed by atoms with Gasteiger partial charge in [-0.2, -0.15) is 0 Å². The van der Waals surface area contributed by atoms with Crippen LogP contribution in [-0.2, 0) is 4.74 Å². The van der Waals surface area contributed by atoms with Crippen LogP contribution in [-0.4, -0.2) is 20.0 Å². The Kier molecular flexibility index (Phi) is 4.26. The third kappa shape index (κ3) is 3.09. The van der Waals surface area contributed by atoms with Crippen LogP contribution in [0.25, 0.3) is 11.0 Å². The minimum Gasteiger partial charge on any atom is -0.466 e. The minimum absolute atomic E-state index is 0.0164. The van der Waals surface area contributed by atoms with Crippen LogP contribution in [0.3, 0.4) is 0 Å². The zero-order valence-corrected chi connectivity index (χ0v) is 11.9. The number of rotatable bonds is 4. The van der Waals surface area contributed by atoms with E-state index in [0.717, 1.165) is 6.07 Å². The Morgan fingerprint density at radius 2 is 2.10 bits per heavy atom. The van der Waals surface area contributed by atoms with Gasteiger partial charge in [0.1, 0.15) is 11.3 Å². The first kappa shape index (κ1) is 14.4. The van der Waals surface area contributed by atoms with E-state index < -0.39 is 11.7 Å². The van der Waals surface area contributed by atoms with Gasteiger partial charge in [0.2, 0.25) is 0 Å². The number of fused-ring (bicyclic) bond motifs is 1. The first-order valence-corrected chi connectivity index (χ1v) is 6.17. The van der Waals surface area contributed by atoms with Crippen LogP contribution in [0.15, 0.2) is 31.9 Å². The van der Waals surface area contributed by atoms with Crippen molar-refractivity contribution >= 4 is 33.0 Å². The van der Waals surface area contributed by atoms with Gasteiger partial charge in [0.05, 0.1) is 15.9 Å². The normalized spacial score (nSPS) is 10.5. The summed E-state index contributed by atoms with van der Waals surface area (Å²) in [6, 6.07) is 4.10. The Morgan fingerprint density at radius 3 is 2.75 bits per heavy atom. The largest absolute Gasteiger partial charge is 0.466 e. The Hall–Kier alpha value is -2.06. The number of halogens is 1. The van der Waals surface area contributed by atoms with Crippen molar-refractivity contribution in [2.24, 2.45) is 5.73 Å². The maximum Gasteiger partial charge on any atom is 0.409 e. The molecule has 8 heteroatoms. The number of nitrogens with two attached hydrogens (primary N) is 1. The maximum absolute atomic E-state index is 11.4. The van der Waals surface area contributed by atoms with E-state index in [9.17, 15) is 9.59 Å². The molecule has 0 saturated carbocycles. The molecule has 0 radical (unpaired) electrons. The second kappa shape index (κ2) is 5.93. The van der Waals surface area contributed by atoms with Crippen LogP contribution in [0, 0.1) is 0 Å². The Labute approximate surface area is 121 Å². The van der Waals surface area contributed by atoms with E-state index in [1.54, 1.807) is 6.07 Å². The van der Waals surface area contributed by atoms with Crippen LogP contribution in [0.5, 0.6) is 11.5 Å². The van der Waals surface area contributed by atoms with Crippen LogP contribution in [0.1, 0.15) is 0 Å². The van der Waals surface area contributed by atoms with Gasteiger partial charge in [-0.25, -0.2) is 9.59 Å². The van der Waals surface area contributed by atoms with Gasteiger partial charge in [-0.1, -0.05) is 0 Å². The summed E-state index contributed by atoms with van der Waals surface area (Å²) in [5, 5.41) is 0.403. The topological polar surface area (TPSA) is 101 Å². The Balaban J connectivity index is 2.58. The molecule has 0 atom stereocenters. The summed E-state index contributed by atoms with van der Waals surface area (Å²) in [5.74, 6) is 0.432. The summed E-state index contributed by atoms with van der Waals surface area (Å²) in [5.41, 5.74) is 4.48. The highest BCUT2D eigenvalue weighted by Crippen LogP contribution is 2.34. The lowest BCUT2D eigenvalue weighted by Crippen LogP contribution is -2.17. The lowest BCUT2D eigenvalue weighted by molar-refractivity contribution is 0.0506. The van der Waals surface area contributed by atoms with Gasteiger partial charge in [-0.15, -0.1) is 0 Å². The first-order valence-electron chi connectivity index (χ1n) is 5.37. The van der Waals surface area contributed by atoms with Crippen molar-refractivity contribution in [1.29, 1.82) is 0 Å². The molecule has 0 bridgehead atoms. The van der Waals surface area contributed by atoms with Crippen molar-refractivity contribution in [3.05, 3.63) is 33.1 Å². The second-order valence-corrected chi connectivity index (χ2v) is 4.53. The molecule has 0 fully saturated rings. The summed E-state index contributed by atoms with van der Waals surface area (Å²) in [4.78, 5) is 22.3. The van der Waals surface area contributed by atoms with Gasteiger partial charge in [-0.3, -0.25) is 0 Å². The highest BCUT2D eigenvalue weighted by atomic mass is 79.9. The molecule has 1 aromatic heterocycles. The molecule has 2 aromatic rings. The van der Waals surface area contributed by atoms with E-state index in [-0.39, 0.29) is 18.1 Å². The quantitative estimate of drug-likeness (QED) is 0.672. The molecule has 1 aromatic carbocycles. The predicted molar refractivity (Wildman–Crippen MR) is 72.9 cm³/mol. The average molecular weight is 344 g/mol. The first-order chi connectivity index (χ1) is 9.51. The van der Waals surface area contributed by atoms with Crippen LogP contribution >= 0.6 is 15.9 Å². The fraction of sp³-hybridized carbons (Fsp3) is 0.167. The van der Waals surface area contributed by atoms with Crippen LogP contribution < -0.4 is 20.8 Å². The lowest BCUT2D eigenvalue weighted by atomic mass is 10.2. The summed E-state index contributed by atoms with van der Waals surface area (Å²) in [7, 11) is 1.48. The molecular formula is C12H10BrNO6. The number of carbonyl (C=O) groups excluding carboxylic acids is 1. The number of carbonyl (C=O) groups is 1. The number of amides is 1. The summed E-state index contributed by atoms with van der Waals surface area (Å²) in [6.07, 6.45) is -1.02. The van der Waals surface area contributed by atoms with E-state index in [1.807, 2.05) is 0 Å². The van der Waals surface area contributed by atoms with Crippen molar-refractivity contribution in [3.63, 3.8) is 0 Å². The van der Waals surface area contributed by atoms with E-state index in [0.29, 0.717) is 15.6 Å². The number of primary amides is 1. The van der Waals surface area contributed by atoms with Gasteiger partial charge in [0, 0.05) is 13.2 Å². The summed E-state index contributed by atoms with van der Waals surface area (Å²) >= 11 is 3.29.